The summed E-state index contributed by atoms with van der Waals surface area (Å²) in [5.41, 5.74) is 0.292. The lowest BCUT2D eigenvalue weighted by molar-refractivity contribution is -1.07. The summed E-state index contributed by atoms with van der Waals surface area (Å²) in [5.74, 6) is -0.843. The summed E-state index contributed by atoms with van der Waals surface area (Å²) in [6.07, 6.45) is 0.228. The van der Waals surface area contributed by atoms with Crippen LogP contribution in [0.1, 0.15) is 20.3 Å². The zero-order valence-corrected chi connectivity index (χ0v) is 10.8. The highest BCUT2D eigenvalue weighted by Gasteiger charge is 2.15. The first kappa shape index (κ1) is 18.4. The van der Waals surface area contributed by atoms with E-state index in [1.807, 2.05) is 0 Å². The van der Waals surface area contributed by atoms with E-state index in [2.05, 4.69) is 6.58 Å². The van der Waals surface area contributed by atoms with E-state index in [1.165, 1.54) is 6.92 Å². The Balaban J connectivity index is 0. The van der Waals surface area contributed by atoms with Gasteiger partial charge in [0, 0.05) is 12.0 Å². The third-order valence-corrected chi connectivity index (χ3v) is 2.64. The minimum absolute atomic E-state index is 0. The molecule has 0 heterocycles. The van der Waals surface area contributed by atoms with E-state index >= 15 is 0 Å². The average molecular weight is 269 g/mol. The zero-order chi connectivity index (χ0) is 12.8. The molecule has 3 N–H and O–H groups in total. The lowest BCUT2D eigenvalue weighted by atomic mass is 10.4. The smallest absolute Gasteiger partial charge is 0.392 e. The van der Waals surface area contributed by atoms with Crippen LogP contribution in [0.3, 0.4) is 0 Å². The number of hydroxylamine groups is 2. The monoisotopic (exact) mass is 269 g/mol. The molecule has 1 unspecified atom stereocenters. The van der Waals surface area contributed by atoms with Gasteiger partial charge in [0.1, 0.15) is 13.1 Å². The molecule has 0 saturated heterocycles. The van der Waals surface area contributed by atoms with Crippen LogP contribution in [-0.4, -0.2) is 43.3 Å². The number of rotatable bonds is 7. The average Bonchev–Trinajstić information content (AvgIpc) is 2.13. The SMILES string of the molecule is C=C(C)C(=O)O[NH+](CC)CCCS(=O)(=O)O.[OH-]. The first-order valence-electron chi connectivity index (χ1n) is 4.93. The van der Waals surface area contributed by atoms with Crippen molar-refractivity contribution in [1.29, 1.82) is 0 Å². The van der Waals surface area contributed by atoms with Gasteiger partial charge in [-0.25, -0.2) is 4.79 Å². The zero-order valence-electron chi connectivity index (χ0n) is 9.97. The maximum absolute atomic E-state index is 11.2. The fraction of sp³-hybridized carbons (Fsp3) is 0.667. The summed E-state index contributed by atoms with van der Waals surface area (Å²) in [5, 5.41) is 0.497. The van der Waals surface area contributed by atoms with Crippen LogP contribution in [0.25, 0.3) is 0 Å². The summed E-state index contributed by atoms with van der Waals surface area (Å²) < 4.78 is 29.4. The molecule has 0 aromatic rings. The number of hydrogen-bond acceptors (Lipinski definition) is 5. The van der Waals surface area contributed by atoms with E-state index < -0.39 is 16.1 Å². The quantitative estimate of drug-likeness (QED) is 0.349. The van der Waals surface area contributed by atoms with Crippen molar-refractivity contribution in [3.8, 4) is 0 Å². The van der Waals surface area contributed by atoms with Gasteiger partial charge >= 0.3 is 5.97 Å². The highest BCUT2D eigenvalue weighted by Crippen LogP contribution is 1.88. The van der Waals surface area contributed by atoms with Crippen molar-refractivity contribution < 1.29 is 33.1 Å². The van der Waals surface area contributed by atoms with E-state index in [0.717, 1.165) is 0 Å². The van der Waals surface area contributed by atoms with Crippen molar-refractivity contribution >= 4 is 16.1 Å². The van der Waals surface area contributed by atoms with Gasteiger partial charge in [-0.15, -0.1) is 5.06 Å². The van der Waals surface area contributed by atoms with Crippen molar-refractivity contribution in [1.82, 2.24) is 0 Å². The molecule has 17 heavy (non-hydrogen) atoms. The van der Waals surface area contributed by atoms with Crippen molar-refractivity contribution in [2.75, 3.05) is 18.8 Å². The van der Waals surface area contributed by atoms with Gasteiger partial charge in [0.2, 0.25) is 0 Å². The normalized spacial score (nSPS) is 12.4. The number of nitrogens with one attached hydrogen (secondary N) is 1. The standard InChI is InChI=1S/C9H17NO5S.H2O/c1-4-10(15-9(11)8(2)3)6-5-7-16(12,13)14;/h2,4-7H2,1,3H3,(H,12,13,14);1H2. The van der Waals surface area contributed by atoms with Crippen LogP contribution >= 0.6 is 0 Å². The van der Waals surface area contributed by atoms with Gasteiger partial charge in [0.05, 0.1) is 5.75 Å². The number of quaternary nitrogens is 1. The first-order chi connectivity index (χ1) is 7.26. The van der Waals surface area contributed by atoms with Gasteiger partial charge in [0.15, 0.2) is 0 Å². The van der Waals surface area contributed by atoms with E-state index in [0.29, 0.717) is 23.7 Å². The number of carbonyl (C=O) groups excluding carboxylic acids is 1. The summed E-state index contributed by atoms with van der Waals surface area (Å²) in [6.45, 7) is 7.62. The van der Waals surface area contributed by atoms with Crippen molar-refractivity contribution in [3.05, 3.63) is 12.2 Å². The van der Waals surface area contributed by atoms with Crippen LogP contribution in [0, 0.1) is 0 Å². The van der Waals surface area contributed by atoms with Crippen LogP contribution in [0.4, 0.5) is 0 Å². The summed E-state index contributed by atoms with van der Waals surface area (Å²) in [6, 6.07) is 0. The number of hydrogen-bond donors (Lipinski definition) is 2. The molecule has 1 atom stereocenters. The van der Waals surface area contributed by atoms with Gasteiger partial charge in [-0.1, -0.05) is 6.58 Å². The Labute approximate surface area is 101 Å². The molecule has 0 aromatic carbocycles. The summed E-state index contributed by atoms with van der Waals surface area (Å²) in [7, 11) is -3.94. The molecular weight excluding hydrogens is 250 g/mol. The second-order valence-electron chi connectivity index (χ2n) is 3.45. The van der Waals surface area contributed by atoms with Gasteiger partial charge in [-0.05, 0) is 13.8 Å². The Hall–Kier alpha value is -0.960. The molecule has 0 aromatic heterocycles. The molecule has 102 valence electrons. The second-order valence-corrected chi connectivity index (χ2v) is 5.02. The Kier molecular flexibility index (Phi) is 8.85. The molecule has 0 rings (SSSR count). The highest BCUT2D eigenvalue weighted by atomic mass is 32.2. The van der Waals surface area contributed by atoms with Gasteiger partial charge < -0.3 is 5.48 Å². The molecule has 0 saturated carbocycles. The lowest BCUT2D eigenvalue weighted by Gasteiger charge is -2.14. The van der Waals surface area contributed by atoms with E-state index in [9.17, 15) is 13.2 Å². The minimum Gasteiger partial charge on any atom is -0.870 e. The van der Waals surface area contributed by atoms with Gasteiger partial charge in [-0.3, -0.25) is 9.39 Å². The predicted octanol–water partition coefficient (Wildman–Crippen LogP) is -0.973. The highest BCUT2D eigenvalue weighted by molar-refractivity contribution is 7.85. The van der Waals surface area contributed by atoms with Crippen LogP contribution in [0.15, 0.2) is 12.2 Å². The van der Waals surface area contributed by atoms with E-state index in [-0.39, 0.29) is 17.6 Å². The molecule has 0 aliphatic heterocycles. The van der Waals surface area contributed by atoms with Crippen LogP contribution in [-0.2, 0) is 19.8 Å². The Morgan fingerprint density at radius 3 is 2.35 bits per heavy atom. The van der Waals surface area contributed by atoms with Crippen LogP contribution in [0.5, 0.6) is 0 Å². The van der Waals surface area contributed by atoms with E-state index in [4.69, 9.17) is 9.39 Å². The first-order valence-corrected chi connectivity index (χ1v) is 6.54. The molecule has 0 radical (unpaired) electrons. The van der Waals surface area contributed by atoms with Crippen molar-refractivity contribution in [3.63, 3.8) is 0 Å². The fourth-order valence-corrected chi connectivity index (χ4v) is 1.48. The van der Waals surface area contributed by atoms with Crippen molar-refractivity contribution in [2.45, 2.75) is 20.3 Å². The maximum Gasteiger partial charge on any atom is 0.392 e. The molecule has 0 aliphatic carbocycles. The van der Waals surface area contributed by atoms with E-state index in [1.54, 1.807) is 6.92 Å². The van der Waals surface area contributed by atoms with Gasteiger partial charge in [0.25, 0.3) is 10.1 Å². The topological polar surface area (TPSA) is 115 Å². The van der Waals surface area contributed by atoms with Crippen molar-refractivity contribution in [2.24, 2.45) is 0 Å². The molecule has 0 aliphatic rings. The molecule has 8 heteroatoms. The predicted molar refractivity (Wildman–Crippen MR) is 60.2 cm³/mol. The largest absolute Gasteiger partial charge is 0.870 e. The van der Waals surface area contributed by atoms with Crippen LogP contribution in [0.2, 0.25) is 0 Å². The molecule has 0 amide bonds. The number of carbonyl (C=O) groups is 1. The molecule has 0 bridgehead atoms. The third-order valence-electron chi connectivity index (χ3n) is 1.84. The second kappa shape index (κ2) is 8.18. The minimum atomic E-state index is -3.94. The Morgan fingerprint density at radius 2 is 2.00 bits per heavy atom. The van der Waals surface area contributed by atoms with Crippen LogP contribution < -0.4 is 5.06 Å². The molecular formula is C9H19NO6S. The molecule has 0 fully saturated rings. The lowest BCUT2D eigenvalue weighted by Crippen LogP contribution is -3.11. The summed E-state index contributed by atoms with van der Waals surface area (Å²) >= 11 is 0. The maximum atomic E-state index is 11.2. The Morgan fingerprint density at radius 1 is 1.47 bits per heavy atom. The molecule has 7 nitrogen and oxygen atoms in total. The third kappa shape index (κ3) is 9.94. The van der Waals surface area contributed by atoms with Gasteiger partial charge in [-0.2, -0.15) is 8.42 Å². The summed E-state index contributed by atoms with van der Waals surface area (Å²) in [4.78, 5) is 16.1. The Bertz CT molecular complexity index is 350. The fourth-order valence-electron chi connectivity index (χ4n) is 0.970. The molecule has 0 spiro atoms.